The van der Waals surface area contributed by atoms with Gasteiger partial charge in [0.1, 0.15) is 0 Å². The SMILES string of the molecule is CC1CN(Cc2ccc(/C=C/c3n[nH]c4cc(C5CC56C(=O)Nc5ccccc56)ccc34)cc2)CC(C)N1C. The number of fused-ring (bicyclic) bond motifs is 3. The molecule has 39 heavy (non-hydrogen) atoms. The summed E-state index contributed by atoms with van der Waals surface area (Å²) in [6.45, 7) is 7.84. The minimum atomic E-state index is -0.417. The summed E-state index contributed by atoms with van der Waals surface area (Å²) in [4.78, 5) is 17.9. The number of nitrogens with one attached hydrogen (secondary N) is 2. The number of anilines is 1. The molecule has 198 valence electrons. The van der Waals surface area contributed by atoms with Crippen LogP contribution in [0.2, 0.25) is 0 Å². The summed E-state index contributed by atoms with van der Waals surface area (Å²) in [6, 6.07) is 24.6. The summed E-state index contributed by atoms with van der Waals surface area (Å²) in [7, 11) is 2.23. The van der Waals surface area contributed by atoms with Crippen molar-refractivity contribution in [3.8, 4) is 0 Å². The molecule has 0 radical (unpaired) electrons. The van der Waals surface area contributed by atoms with E-state index in [4.69, 9.17) is 0 Å². The van der Waals surface area contributed by atoms with Crippen LogP contribution in [0.25, 0.3) is 23.1 Å². The van der Waals surface area contributed by atoms with Crippen LogP contribution >= 0.6 is 0 Å². The summed E-state index contributed by atoms with van der Waals surface area (Å²) in [5, 5.41) is 12.0. The van der Waals surface area contributed by atoms with Crippen LogP contribution in [-0.2, 0) is 16.8 Å². The third-order valence-corrected chi connectivity index (χ3v) is 9.30. The van der Waals surface area contributed by atoms with E-state index in [9.17, 15) is 4.79 Å². The summed E-state index contributed by atoms with van der Waals surface area (Å²) in [6.07, 6.45) is 5.06. The highest BCUT2D eigenvalue weighted by molar-refractivity contribution is 6.09. The molecule has 4 aromatic rings. The van der Waals surface area contributed by atoms with Crippen LogP contribution in [0, 0.1) is 0 Å². The minimum Gasteiger partial charge on any atom is -0.325 e. The number of carbonyl (C=O) groups excluding carboxylic acids is 1. The lowest BCUT2D eigenvalue weighted by atomic mass is 9.92. The van der Waals surface area contributed by atoms with Gasteiger partial charge in [-0.15, -0.1) is 0 Å². The van der Waals surface area contributed by atoms with E-state index in [0.717, 1.165) is 59.5 Å². The maximum absolute atomic E-state index is 12.9. The lowest BCUT2D eigenvalue weighted by molar-refractivity contribution is -0.118. The van der Waals surface area contributed by atoms with Gasteiger partial charge in [0, 0.05) is 48.7 Å². The van der Waals surface area contributed by atoms with Crippen molar-refractivity contribution in [3.05, 3.63) is 94.7 Å². The van der Waals surface area contributed by atoms with E-state index in [1.54, 1.807) is 0 Å². The van der Waals surface area contributed by atoms with Gasteiger partial charge < -0.3 is 5.32 Å². The standard InChI is InChI=1S/C33H35N5O/c1-21-18-38(19-22(2)37(21)3)20-24-10-8-23(9-11-24)12-15-29-26-14-13-25(16-31(26)36-35-29)28-17-33(28)27-6-4-5-7-30(27)34-32(33)39/h4-16,21-22,28H,17-20H2,1-3H3,(H,34,39)(H,35,36)/b15-12+. The fourth-order valence-electron chi connectivity index (χ4n) is 6.76. The fourth-order valence-corrected chi connectivity index (χ4v) is 6.76. The number of likely N-dealkylation sites (N-methyl/N-ethyl adjacent to an activating group) is 1. The molecule has 4 unspecified atom stereocenters. The number of aromatic amines is 1. The van der Waals surface area contributed by atoms with Crippen molar-refractivity contribution < 1.29 is 4.79 Å². The van der Waals surface area contributed by atoms with Crippen LogP contribution < -0.4 is 5.32 Å². The van der Waals surface area contributed by atoms with Crippen molar-refractivity contribution in [2.45, 2.75) is 50.2 Å². The number of para-hydroxylation sites is 1. The molecule has 2 aliphatic heterocycles. The first-order chi connectivity index (χ1) is 18.9. The lowest BCUT2D eigenvalue weighted by Crippen LogP contribution is -2.54. The second kappa shape index (κ2) is 9.18. The van der Waals surface area contributed by atoms with E-state index in [-0.39, 0.29) is 11.8 Å². The van der Waals surface area contributed by atoms with Crippen LogP contribution in [-0.4, -0.2) is 58.1 Å². The van der Waals surface area contributed by atoms with Crippen LogP contribution in [0.5, 0.6) is 0 Å². The van der Waals surface area contributed by atoms with E-state index >= 15 is 0 Å². The monoisotopic (exact) mass is 517 g/mol. The van der Waals surface area contributed by atoms with Crippen molar-refractivity contribution in [1.82, 2.24) is 20.0 Å². The third kappa shape index (κ3) is 4.10. The second-order valence-electron chi connectivity index (χ2n) is 11.8. The summed E-state index contributed by atoms with van der Waals surface area (Å²) >= 11 is 0. The highest BCUT2D eigenvalue weighted by Crippen LogP contribution is 2.64. The largest absolute Gasteiger partial charge is 0.325 e. The van der Waals surface area contributed by atoms with Gasteiger partial charge >= 0.3 is 0 Å². The molecule has 0 bridgehead atoms. The second-order valence-corrected chi connectivity index (χ2v) is 11.8. The van der Waals surface area contributed by atoms with Crippen LogP contribution in [0.15, 0.2) is 66.7 Å². The van der Waals surface area contributed by atoms with Gasteiger partial charge in [-0.1, -0.05) is 60.7 Å². The van der Waals surface area contributed by atoms with Crippen molar-refractivity contribution in [2.24, 2.45) is 0 Å². The number of H-pyrrole nitrogens is 1. The molecule has 1 amide bonds. The Balaban J connectivity index is 1.04. The highest BCUT2D eigenvalue weighted by atomic mass is 16.2. The smallest absolute Gasteiger partial charge is 0.235 e. The zero-order valence-electron chi connectivity index (χ0n) is 22.8. The number of carbonyl (C=O) groups is 1. The molecule has 1 aliphatic carbocycles. The van der Waals surface area contributed by atoms with Gasteiger partial charge in [0.25, 0.3) is 0 Å². The Morgan fingerprint density at radius 3 is 2.56 bits per heavy atom. The molecule has 3 aromatic carbocycles. The number of benzene rings is 3. The molecule has 3 aliphatic rings. The molecule has 1 saturated heterocycles. The van der Waals surface area contributed by atoms with Crippen LogP contribution in [0.4, 0.5) is 5.69 Å². The number of piperazine rings is 1. The average Bonchev–Trinajstić information content (AvgIpc) is 3.47. The maximum Gasteiger partial charge on any atom is 0.235 e. The van der Waals surface area contributed by atoms with Gasteiger partial charge in [0.15, 0.2) is 0 Å². The number of rotatable bonds is 5. The van der Waals surface area contributed by atoms with Gasteiger partial charge in [-0.3, -0.25) is 19.7 Å². The zero-order chi connectivity index (χ0) is 26.7. The van der Waals surface area contributed by atoms with E-state index in [0.29, 0.717) is 12.1 Å². The Hall–Kier alpha value is -3.74. The molecular weight excluding hydrogens is 482 g/mol. The average molecular weight is 518 g/mol. The molecule has 1 spiro atoms. The molecule has 1 saturated carbocycles. The summed E-state index contributed by atoms with van der Waals surface area (Å²) in [5.41, 5.74) is 7.31. The number of aromatic nitrogens is 2. The molecule has 6 nitrogen and oxygen atoms in total. The fraction of sp³-hybridized carbons (Fsp3) is 0.333. The predicted molar refractivity (Wildman–Crippen MR) is 158 cm³/mol. The minimum absolute atomic E-state index is 0.126. The molecule has 2 N–H and O–H groups in total. The molecule has 2 fully saturated rings. The Kier molecular flexibility index (Phi) is 5.72. The van der Waals surface area contributed by atoms with Gasteiger partial charge in [0.05, 0.1) is 16.6 Å². The van der Waals surface area contributed by atoms with Crippen LogP contribution in [0.3, 0.4) is 0 Å². The molecular formula is C33H35N5O. The van der Waals surface area contributed by atoms with Gasteiger partial charge in [0.2, 0.25) is 5.91 Å². The number of amides is 1. The first-order valence-electron chi connectivity index (χ1n) is 14.0. The number of hydrogen-bond acceptors (Lipinski definition) is 4. The van der Waals surface area contributed by atoms with Gasteiger partial charge in [-0.05, 0) is 67.8 Å². The normalized spacial score (nSPS) is 26.9. The number of hydrogen-bond donors (Lipinski definition) is 2. The van der Waals surface area contributed by atoms with E-state index in [1.165, 1.54) is 11.1 Å². The van der Waals surface area contributed by atoms with Gasteiger partial charge in [-0.2, -0.15) is 5.10 Å². The zero-order valence-corrected chi connectivity index (χ0v) is 22.8. The Morgan fingerprint density at radius 2 is 1.77 bits per heavy atom. The Labute approximate surface area is 229 Å². The molecule has 6 heteroatoms. The maximum atomic E-state index is 12.9. The Bertz CT molecular complexity index is 1580. The van der Waals surface area contributed by atoms with Crippen molar-refractivity contribution in [1.29, 1.82) is 0 Å². The van der Waals surface area contributed by atoms with E-state index in [1.807, 2.05) is 18.2 Å². The molecule has 4 atom stereocenters. The summed E-state index contributed by atoms with van der Waals surface area (Å²) < 4.78 is 0. The third-order valence-electron chi connectivity index (χ3n) is 9.30. The van der Waals surface area contributed by atoms with E-state index in [2.05, 4.69) is 107 Å². The first kappa shape index (κ1) is 24.3. The van der Waals surface area contributed by atoms with Crippen LogP contribution in [0.1, 0.15) is 54.1 Å². The highest BCUT2D eigenvalue weighted by Gasteiger charge is 2.65. The molecule has 1 aromatic heterocycles. The first-order valence-corrected chi connectivity index (χ1v) is 14.0. The van der Waals surface area contributed by atoms with Gasteiger partial charge in [-0.25, -0.2) is 0 Å². The Morgan fingerprint density at radius 1 is 1.00 bits per heavy atom. The topological polar surface area (TPSA) is 64.3 Å². The quantitative estimate of drug-likeness (QED) is 0.360. The van der Waals surface area contributed by atoms with Crippen molar-refractivity contribution in [2.75, 3.05) is 25.5 Å². The number of nitrogens with zero attached hydrogens (tertiary/aromatic N) is 3. The van der Waals surface area contributed by atoms with Crippen molar-refractivity contribution >= 4 is 34.6 Å². The molecule has 3 heterocycles. The van der Waals surface area contributed by atoms with Crippen molar-refractivity contribution in [3.63, 3.8) is 0 Å². The van der Waals surface area contributed by atoms with E-state index < -0.39 is 5.41 Å². The lowest BCUT2D eigenvalue weighted by Gasteiger charge is -2.42. The molecule has 7 rings (SSSR count). The summed E-state index contributed by atoms with van der Waals surface area (Å²) in [5.74, 6) is 0.323. The predicted octanol–water partition coefficient (Wildman–Crippen LogP) is 5.64.